The summed E-state index contributed by atoms with van der Waals surface area (Å²) in [7, 11) is 0. The Morgan fingerprint density at radius 1 is 1.40 bits per heavy atom. The summed E-state index contributed by atoms with van der Waals surface area (Å²) in [5, 5.41) is 0. The summed E-state index contributed by atoms with van der Waals surface area (Å²) in [4.78, 5) is 0. The maximum absolute atomic E-state index is 2.44. The largest absolute Gasteiger partial charge is 0.0879 e. The zero-order valence-corrected chi connectivity index (χ0v) is 6.72. The summed E-state index contributed by atoms with van der Waals surface area (Å²) in [6.07, 6.45) is 10.6. The molecule has 1 fully saturated rings. The molecule has 0 aliphatic heterocycles. The van der Waals surface area contributed by atoms with Crippen LogP contribution in [-0.4, -0.2) is 0 Å². The third kappa shape index (κ3) is 0.817. The fraction of sp³-hybridized carbons (Fsp3) is 0.800. The Morgan fingerprint density at radius 2 is 2.30 bits per heavy atom. The van der Waals surface area contributed by atoms with E-state index >= 15 is 0 Å². The minimum Gasteiger partial charge on any atom is -0.0879 e. The Morgan fingerprint density at radius 3 is 3.10 bits per heavy atom. The molecule has 0 saturated heterocycles. The van der Waals surface area contributed by atoms with E-state index in [1.54, 1.807) is 0 Å². The maximum atomic E-state index is 2.44. The molecule has 0 heteroatoms. The van der Waals surface area contributed by atoms with E-state index in [1.165, 1.54) is 25.7 Å². The molecule has 0 aromatic carbocycles. The second-order valence-corrected chi connectivity index (χ2v) is 3.74. The van der Waals surface area contributed by atoms with Crippen LogP contribution in [0.3, 0.4) is 0 Å². The van der Waals surface area contributed by atoms with Gasteiger partial charge in [0.2, 0.25) is 0 Å². The highest BCUT2D eigenvalue weighted by Gasteiger charge is 2.34. The molecule has 0 heterocycles. The Hall–Kier alpha value is -0.260. The van der Waals surface area contributed by atoms with Crippen molar-refractivity contribution in [3.8, 4) is 0 Å². The Kier molecular flexibility index (Phi) is 1.55. The van der Waals surface area contributed by atoms with E-state index in [1.807, 2.05) is 0 Å². The minimum absolute atomic E-state index is 0.977. The van der Waals surface area contributed by atoms with Crippen molar-refractivity contribution in [3.63, 3.8) is 0 Å². The quantitative estimate of drug-likeness (QED) is 0.486. The first-order chi connectivity index (χ1) is 4.92. The Balaban J connectivity index is 2.05. The van der Waals surface area contributed by atoms with Crippen molar-refractivity contribution in [2.24, 2.45) is 17.8 Å². The SMILES string of the molecule is CCC1CCC2C=CCC21. The predicted octanol–water partition coefficient (Wildman–Crippen LogP) is 3.00. The molecule has 3 atom stereocenters. The molecule has 0 radical (unpaired) electrons. The van der Waals surface area contributed by atoms with Gasteiger partial charge < -0.3 is 0 Å². The van der Waals surface area contributed by atoms with Gasteiger partial charge in [0.15, 0.2) is 0 Å². The van der Waals surface area contributed by atoms with Crippen LogP contribution in [0.5, 0.6) is 0 Å². The first kappa shape index (κ1) is 6.45. The van der Waals surface area contributed by atoms with Gasteiger partial charge >= 0.3 is 0 Å². The van der Waals surface area contributed by atoms with Crippen LogP contribution in [-0.2, 0) is 0 Å². The van der Waals surface area contributed by atoms with Gasteiger partial charge in [-0.2, -0.15) is 0 Å². The molecule has 56 valence electrons. The average Bonchev–Trinajstić information content (AvgIpc) is 2.44. The number of hydrogen-bond acceptors (Lipinski definition) is 0. The van der Waals surface area contributed by atoms with Gasteiger partial charge in [-0.15, -0.1) is 0 Å². The van der Waals surface area contributed by atoms with E-state index in [0.29, 0.717) is 0 Å². The van der Waals surface area contributed by atoms with Gasteiger partial charge in [0.1, 0.15) is 0 Å². The summed E-state index contributed by atoms with van der Waals surface area (Å²) in [6, 6.07) is 0. The average molecular weight is 136 g/mol. The fourth-order valence-corrected chi connectivity index (χ4v) is 2.71. The van der Waals surface area contributed by atoms with Gasteiger partial charge in [-0.25, -0.2) is 0 Å². The number of rotatable bonds is 1. The number of fused-ring (bicyclic) bond motifs is 1. The predicted molar refractivity (Wildman–Crippen MR) is 43.8 cm³/mol. The molecule has 3 unspecified atom stereocenters. The van der Waals surface area contributed by atoms with Crippen LogP contribution >= 0.6 is 0 Å². The summed E-state index contributed by atoms with van der Waals surface area (Å²) in [6.45, 7) is 2.34. The van der Waals surface area contributed by atoms with E-state index in [0.717, 1.165) is 17.8 Å². The molecule has 0 aromatic rings. The van der Waals surface area contributed by atoms with Crippen LogP contribution in [0, 0.1) is 17.8 Å². The molecule has 2 aliphatic rings. The Bertz CT molecular complexity index is 146. The first-order valence-corrected chi connectivity index (χ1v) is 4.58. The van der Waals surface area contributed by atoms with Crippen LogP contribution in [0.25, 0.3) is 0 Å². The highest BCUT2D eigenvalue weighted by atomic mass is 14.4. The zero-order chi connectivity index (χ0) is 6.97. The molecule has 0 N–H and O–H groups in total. The van der Waals surface area contributed by atoms with Gasteiger partial charge in [-0.3, -0.25) is 0 Å². The highest BCUT2D eigenvalue weighted by Crippen LogP contribution is 2.44. The molecule has 0 aromatic heterocycles. The third-order valence-electron chi connectivity index (χ3n) is 3.34. The zero-order valence-electron chi connectivity index (χ0n) is 6.72. The molecular weight excluding hydrogens is 120 g/mol. The molecule has 2 rings (SSSR count). The summed E-state index contributed by atoms with van der Waals surface area (Å²) in [5.74, 6) is 3.08. The highest BCUT2D eigenvalue weighted by molar-refractivity contribution is 5.05. The lowest BCUT2D eigenvalue weighted by Gasteiger charge is -2.15. The maximum Gasteiger partial charge on any atom is -0.0199 e. The van der Waals surface area contributed by atoms with Gasteiger partial charge in [0.05, 0.1) is 0 Å². The molecule has 0 amide bonds. The van der Waals surface area contributed by atoms with E-state index in [-0.39, 0.29) is 0 Å². The van der Waals surface area contributed by atoms with Crippen molar-refractivity contribution in [3.05, 3.63) is 12.2 Å². The van der Waals surface area contributed by atoms with Crippen molar-refractivity contribution >= 4 is 0 Å². The molecule has 0 nitrogen and oxygen atoms in total. The molecule has 1 saturated carbocycles. The topological polar surface area (TPSA) is 0 Å². The van der Waals surface area contributed by atoms with Crippen LogP contribution < -0.4 is 0 Å². The summed E-state index contributed by atoms with van der Waals surface area (Å²) in [5.41, 5.74) is 0. The summed E-state index contributed by atoms with van der Waals surface area (Å²) < 4.78 is 0. The van der Waals surface area contributed by atoms with E-state index in [9.17, 15) is 0 Å². The van der Waals surface area contributed by atoms with Gasteiger partial charge in [-0.05, 0) is 37.0 Å². The van der Waals surface area contributed by atoms with Crippen molar-refractivity contribution < 1.29 is 0 Å². The van der Waals surface area contributed by atoms with E-state index in [4.69, 9.17) is 0 Å². The van der Waals surface area contributed by atoms with Gasteiger partial charge in [-0.1, -0.05) is 25.5 Å². The first-order valence-electron chi connectivity index (χ1n) is 4.58. The van der Waals surface area contributed by atoms with Crippen molar-refractivity contribution in [1.29, 1.82) is 0 Å². The van der Waals surface area contributed by atoms with Gasteiger partial charge in [0, 0.05) is 0 Å². The van der Waals surface area contributed by atoms with Crippen LogP contribution in [0.15, 0.2) is 12.2 Å². The molecule has 0 bridgehead atoms. The normalized spacial score (nSPS) is 44.3. The van der Waals surface area contributed by atoms with Crippen LogP contribution in [0.4, 0.5) is 0 Å². The minimum atomic E-state index is 0.977. The number of allylic oxidation sites excluding steroid dienone is 2. The third-order valence-corrected chi connectivity index (χ3v) is 3.34. The standard InChI is InChI=1S/C10H16/c1-2-8-6-7-9-4-3-5-10(8)9/h3-4,8-10H,2,5-7H2,1H3. The second-order valence-electron chi connectivity index (χ2n) is 3.74. The van der Waals surface area contributed by atoms with Crippen molar-refractivity contribution in [2.75, 3.05) is 0 Å². The van der Waals surface area contributed by atoms with Crippen LogP contribution in [0.1, 0.15) is 32.6 Å². The fourth-order valence-electron chi connectivity index (χ4n) is 2.71. The monoisotopic (exact) mass is 136 g/mol. The smallest absolute Gasteiger partial charge is 0.0199 e. The molecule has 2 aliphatic carbocycles. The van der Waals surface area contributed by atoms with Crippen molar-refractivity contribution in [1.82, 2.24) is 0 Å². The molecular formula is C10H16. The lowest BCUT2D eigenvalue weighted by Crippen LogP contribution is -2.08. The lowest BCUT2D eigenvalue weighted by atomic mass is 9.90. The van der Waals surface area contributed by atoms with Gasteiger partial charge in [0.25, 0.3) is 0 Å². The number of hydrogen-bond donors (Lipinski definition) is 0. The van der Waals surface area contributed by atoms with Crippen molar-refractivity contribution in [2.45, 2.75) is 32.6 Å². The molecule has 0 spiro atoms. The summed E-state index contributed by atoms with van der Waals surface area (Å²) >= 11 is 0. The van der Waals surface area contributed by atoms with E-state index in [2.05, 4.69) is 19.1 Å². The second kappa shape index (κ2) is 2.41. The Labute approximate surface area is 63.3 Å². The molecule has 10 heavy (non-hydrogen) atoms. The van der Waals surface area contributed by atoms with E-state index < -0.39 is 0 Å². The van der Waals surface area contributed by atoms with Crippen LogP contribution in [0.2, 0.25) is 0 Å². The lowest BCUT2D eigenvalue weighted by molar-refractivity contribution is 0.358.